The van der Waals surface area contributed by atoms with Crippen molar-refractivity contribution in [2.45, 2.75) is 57.2 Å². The van der Waals surface area contributed by atoms with Gasteiger partial charge >= 0.3 is 0 Å². The monoisotopic (exact) mass is 459 g/mol. The van der Waals surface area contributed by atoms with E-state index in [0.717, 1.165) is 36.2 Å². The van der Waals surface area contributed by atoms with E-state index in [1.165, 1.54) is 0 Å². The largest absolute Gasteiger partial charge is 0.481 e. The molecule has 2 atom stereocenters. The highest BCUT2D eigenvalue weighted by molar-refractivity contribution is 5.82. The van der Waals surface area contributed by atoms with Gasteiger partial charge in [-0.25, -0.2) is 4.98 Å². The molecule has 0 spiro atoms. The summed E-state index contributed by atoms with van der Waals surface area (Å²) >= 11 is 0. The normalized spacial score (nSPS) is 17.5. The second kappa shape index (κ2) is 10.3. The van der Waals surface area contributed by atoms with Gasteiger partial charge in [-0.3, -0.25) is 19.7 Å². The molecular weight excluding hydrogens is 426 g/mol. The molecule has 4 heterocycles. The van der Waals surface area contributed by atoms with Gasteiger partial charge in [-0.2, -0.15) is 0 Å². The summed E-state index contributed by atoms with van der Waals surface area (Å²) in [4.78, 5) is 29.4. The fourth-order valence-corrected chi connectivity index (χ4v) is 4.77. The van der Waals surface area contributed by atoms with Crippen molar-refractivity contribution in [3.8, 4) is 5.88 Å². The minimum Gasteiger partial charge on any atom is -0.481 e. The molecule has 34 heavy (non-hydrogen) atoms. The summed E-state index contributed by atoms with van der Waals surface area (Å²) < 4.78 is 5.47. The number of aromatic nitrogens is 3. The van der Waals surface area contributed by atoms with Crippen LogP contribution in [0.1, 0.15) is 62.4 Å². The summed E-state index contributed by atoms with van der Waals surface area (Å²) in [7, 11) is 1.62. The van der Waals surface area contributed by atoms with E-state index in [4.69, 9.17) is 9.72 Å². The van der Waals surface area contributed by atoms with Crippen LogP contribution < -0.4 is 10.1 Å². The number of nitrogens with zero attached hydrogens (tertiary/aromatic N) is 4. The van der Waals surface area contributed by atoms with E-state index < -0.39 is 0 Å². The molecule has 3 aromatic rings. The predicted octanol–water partition coefficient (Wildman–Crippen LogP) is 4.13. The van der Waals surface area contributed by atoms with Crippen LogP contribution in [0.25, 0.3) is 0 Å². The third-order valence-electron chi connectivity index (χ3n) is 6.11. The lowest BCUT2D eigenvalue weighted by Gasteiger charge is -2.38. The van der Waals surface area contributed by atoms with Gasteiger partial charge in [0.2, 0.25) is 11.8 Å². The zero-order valence-electron chi connectivity index (χ0n) is 20.3. The number of carbonyl (C=O) groups is 1. The van der Waals surface area contributed by atoms with E-state index in [-0.39, 0.29) is 29.4 Å². The van der Waals surface area contributed by atoms with Gasteiger partial charge < -0.3 is 10.1 Å². The third-order valence-corrected chi connectivity index (χ3v) is 6.11. The predicted molar refractivity (Wildman–Crippen MR) is 131 cm³/mol. The molecule has 3 aromatic heterocycles. The molecule has 7 nitrogen and oxygen atoms in total. The van der Waals surface area contributed by atoms with E-state index in [1.54, 1.807) is 19.5 Å². The lowest BCUT2D eigenvalue weighted by atomic mass is 9.83. The number of ether oxygens (including phenoxy) is 1. The van der Waals surface area contributed by atoms with Gasteiger partial charge in [0.1, 0.15) is 0 Å². The maximum atomic E-state index is 13.4. The Labute approximate surface area is 201 Å². The Morgan fingerprint density at radius 1 is 1.06 bits per heavy atom. The van der Waals surface area contributed by atoms with Gasteiger partial charge in [0.05, 0.1) is 24.9 Å². The summed E-state index contributed by atoms with van der Waals surface area (Å²) in [5.74, 6) is 0.479. The van der Waals surface area contributed by atoms with Crippen LogP contribution in [0.15, 0.2) is 67.3 Å². The molecule has 4 rings (SSSR count). The SMILES string of the molecule is COc1cccc(C(C(c2cccnc2)c2cccnc2)N2CCC[C@H]2C(=O)NC(C)(C)C)n1. The van der Waals surface area contributed by atoms with Crippen LogP contribution in [-0.2, 0) is 4.79 Å². The Hall–Kier alpha value is -3.32. The van der Waals surface area contributed by atoms with Crippen LogP contribution in [0.3, 0.4) is 0 Å². The average molecular weight is 460 g/mol. The first-order valence-electron chi connectivity index (χ1n) is 11.8. The highest BCUT2D eigenvalue weighted by Gasteiger charge is 2.42. The Bertz CT molecular complexity index is 1050. The van der Waals surface area contributed by atoms with Crippen molar-refractivity contribution in [1.29, 1.82) is 0 Å². The van der Waals surface area contributed by atoms with Gasteiger partial charge in [0.25, 0.3) is 0 Å². The van der Waals surface area contributed by atoms with Crippen LogP contribution in [0.5, 0.6) is 5.88 Å². The number of hydrogen-bond acceptors (Lipinski definition) is 6. The van der Waals surface area contributed by atoms with E-state index in [1.807, 2.05) is 63.5 Å². The molecule has 0 aliphatic carbocycles. The molecule has 0 bridgehead atoms. The summed E-state index contributed by atoms with van der Waals surface area (Å²) in [5, 5.41) is 3.19. The number of pyridine rings is 3. The number of carbonyl (C=O) groups excluding carboxylic acids is 1. The molecule has 1 fully saturated rings. The van der Waals surface area contributed by atoms with Crippen molar-refractivity contribution in [2.75, 3.05) is 13.7 Å². The Balaban J connectivity index is 1.85. The van der Waals surface area contributed by atoms with Crippen LogP contribution in [-0.4, -0.2) is 51.0 Å². The number of hydrogen-bond donors (Lipinski definition) is 1. The quantitative estimate of drug-likeness (QED) is 0.572. The highest BCUT2D eigenvalue weighted by atomic mass is 16.5. The lowest BCUT2D eigenvalue weighted by Crippen LogP contribution is -2.51. The van der Waals surface area contributed by atoms with Gasteiger partial charge in [-0.1, -0.05) is 18.2 Å². The molecule has 0 aromatic carbocycles. The molecule has 7 heteroatoms. The minimum absolute atomic E-state index is 0.0500. The van der Waals surface area contributed by atoms with Crippen LogP contribution in [0, 0.1) is 0 Å². The highest BCUT2D eigenvalue weighted by Crippen LogP contribution is 2.43. The first kappa shape index (κ1) is 23.8. The fraction of sp³-hybridized carbons (Fsp3) is 0.407. The maximum Gasteiger partial charge on any atom is 0.237 e. The molecule has 178 valence electrons. The van der Waals surface area contributed by atoms with E-state index >= 15 is 0 Å². The van der Waals surface area contributed by atoms with Crippen molar-refractivity contribution in [3.63, 3.8) is 0 Å². The first-order chi connectivity index (χ1) is 16.4. The second-order valence-corrected chi connectivity index (χ2v) is 9.74. The van der Waals surface area contributed by atoms with Crippen molar-refractivity contribution < 1.29 is 9.53 Å². The number of rotatable bonds is 7. The number of likely N-dealkylation sites (tertiary alicyclic amines) is 1. The lowest BCUT2D eigenvalue weighted by molar-refractivity contribution is -0.127. The molecular formula is C27H33N5O2. The average Bonchev–Trinajstić information content (AvgIpc) is 3.32. The topological polar surface area (TPSA) is 80.2 Å². The molecule has 1 saturated heterocycles. The maximum absolute atomic E-state index is 13.4. The second-order valence-electron chi connectivity index (χ2n) is 9.74. The van der Waals surface area contributed by atoms with Crippen LogP contribution >= 0.6 is 0 Å². The van der Waals surface area contributed by atoms with Crippen LogP contribution in [0.4, 0.5) is 0 Å². The van der Waals surface area contributed by atoms with Crippen molar-refractivity contribution >= 4 is 5.91 Å². The van der Waals surface area contributed by atoms with Crippen molar-refractivity contribution in [1.82, 2.24) is 25.2 Å². The third kappa shape index (κ3) is 5.42. The van der Waals surface area contributed by atoms with Gasteiger partial charge in [-0.15, -0.1) is 0 Å². The number of methoxy groups -OCH3 is 1. The summed E-state index contributed by atoms with van der Waals surface area (Å²) in [6.07, 6.45) is 9.08. The van der Waals surface area contributed by atoms with Gasteiger partial charge in [0.15, 0.2) is 0 Å². The van der Waals surface area contributed by atoms with Gasteiger partial charge in [-0.05, 0) is 69.5 Å². The Morgan fingerprint density at radius 3 is 2.29 bits per heavy atom. The Morgan fingerprint density at radius 2 is 1.74 bits per heavy atom. The number of nitrogens with one attached hydrogen (secondary N) is 1. The summed E-state index contributed by atoms with van der Waals surface area (Å²) in [6.45, 7) is 6.83. The zero-order valence-corrected chi connectivity index (χ0v) is 20.3. The first-order valence-corrected chi connectivity index (χ1v) is 11.8. The smallest absolute Gasteiger partial charge is 0.237 e. The molecule has 0 radical (unpaired) electrons. The van der Waals surface area contributed by atoms with Crippen molar-refractivity contribution in [2.24, 2.45) is 0 Å². The number of amides is 1. The molecule has 0 saturated carbocycles. The fourth-order valence-electron chi connectivity index (χ4n) is 4.77. The zero-order chi connectivity index (χ0) is 24.1. The van der Waals surface area contributed by atoms with Gasteiger partial charge in [0, 0.05) is 42.3 Å². The van der Waals surface area contributed by atoms with E-state index in [9.17, 15) is 4.79 Å². The van der Waals surface area contributed by atoms with Crippen molar-refractivity contribution in [3.05, 3.63) is 84.1 Å². The summed E-state index contributed by atoms with van der Waals surface area (Å²) in [5.41, 5.74) is 2.65. The van der Waals surface area contributed by atoms with Crippen LogP contribution in [0.2, 0.25) is 0 Å². The van der Waals surface area contributed by atoms with E-state index in [0.29, 0.717) is 5.88 Å². The Kier molecular flexibility index (Phi) is 7.22. The molecule has 1 aliphatic rings. The summed E-state index contributed by atoms with van der Waals surface area (Å²) in [6, 6.07) is 13.4. The molecule has 1 N–H and O–H groups in total. The minimum atomic E-state index is -0.304. The van der Waals surface area contributed by atoms with E-state index in [2.05, 4.69) is 32.3 Å². The standard InChI is InChI=1S/C27H33N5O2/c1-27(2,3)31-26(33)22-12-8-16-32(22)25(21-11-5-13-23(30-21)34-4)24(19-9-6-14-28-17-19)20-10-7-15-29-18-20/h5-7,9-11,13-15,17-18,22,24-25H,8,12,16H2,1-4H3,(H,31,33)/t22-,25?/m0/s1. The molecule has 1 unspecified atom stereocenters. The molecule has 1 aliphatic heterocycles. The molecule has 1 amide bonds.